The Morgan fingerprint density at radius 1 is 0.467 bits per heavy atom. The van der Waals surface area contributed by atoms with Crippen LogP contribution in [0.15, 0.2) is 138 Å². The van der Waals surface area contributed by atoms with Gasteiger partial charge in [0.2, 0.25) is 0 Å². The summed E-state index contributed by atoms with van der Waals surface area (Å²) in [5.41, 5.74) is 10.1. The maximum Gasteiger partial charge on any atom is 0.163 e. The molecule has 7 heteroatoms. The van der Waals surface area contributed by atoms with Crippen LogP contribution in [0.2, 0.25) is 0 Å². The smallest absolute Gasteiger partial charge is 0.163 e. The number of nitrogens with zero attached hydrogens (tertiary/aromatic N) is 3. The standard InChI is InChI=1S/C38H25N3O2S2/c42-23-30-35(33-21-19-31(44-33)28-15-11-26(12-16-28)24-7-3-1-4-8-24)37-38(41-43-40-37)36(39-30)34-22-20-32(45-34)29-17-13-27(14-18-29)25-9-5-2-6-10-25/h1-22,42H,23H2. The molecule has 216 valence electrons. The van der Waals surface area contributed by atoms with E-state index in [9.17, 15) is 5.11 Å². The SMILES string of the molecule is OCc1nc(-c2ccc(-c3ccc(-c4ccccc4)cc3)s2)c2nonc2c1-c1ccc(-c2ccc(-c3ccccc3)cc2)s1. The Kier molecular flexibility index (Phi) is 7.11. The summed E-state index contributed by atoms with van der Waals surface area (Å²) in [5, 5.41) is 19.0. The van der Waals surface area contributed by atoms with Gasteiger partial charge in [-0.15, -0.1) is 22.7 Å². The molecule has 0 aliphatic heterocycles. The van der Waals surface area contributed by atoms with E-state index in [-0.39, 0.29) is 6.61 Å². The molecule has 0 saturated carbocycles. The number of hydrogen-bond donors (Lipinski definition) is 1. The van der Waals surface area contributed by atoms with Crippen molar-refractivity contribution >= 4 is 33.7 Å². The molecular weight excluding hydrogens is 595 g/mol. The first-order valence-corrected chi connectivity index (χ1v) is 16.2. The van der Waals surface area contributed by atoms with Gasteiger partial charge in [-0.05, 0) is 68.0 Å². The number of aromatic nitrogens is 3. The van der Waals surface area contributed by atoms with Crippen LogP contribution in [-0.4, -0.2) is 20.4 Å². The fourth-order valence-corrected chi connectivity index (χ4v) is 7.68. The maximum atomic E-state index is 10.5. The summed E-state index contributed by atoms with van der Waals surface area (Å²) in [7, 11) is 0. The molecule has 0 radical (unpaired) electrons. The van der Waals surface area contributed by atoms with Crippen molar-refractivity contribution in [3.05, 3.63) is 139 Å². The molecule has 0 atom stereocenters. The number of rotatable bonds is 7. The Labute approximate surface area is 267 Å². The number of fused-ring (bicyclic) bond motifs is 1. The predicted molar refractivity (Wildman–Crippen MR) is 184 cm³/mol. The van der Waals surface area contributed by atoms with Gasteiger partial charge in [0.15, 0.2) is 5.52 Å². The van der Waals surface area contributed by atoms with E-state index < -0.39 is 0 Å². The third-order valence-electron chi connectivity index (χ3n) is 7.88. The molecule has 4 aromatic heterocycles. The van der Waals surface area contributed by atoms with Crippen molar-refractivity contribution in [1.29, 1.82) is 0 Å². The van der Waals surface area contributed by atoms with Crippen LogP contribution >= 0.6 is 22.7 Å². The molecule has 0 fully saturated rings. The summed E-state index contributed by atoms with van der Waals surface area (Å²) in [6, 6.07) is 46.2. The molecule has 4 heterocycles. The lowest BCUT2D eigenvalue weighted by Crippen LogP contribution is -1.97. The lowest BCUT2D eigenvalue weighted by molar-refractivity contribution is 0.278. The van der Waals surface area contributed by atoms with Crippen molar-refractivity contribution in [3.63, 3.8) is 0 Å². The average molecular weight is 620 g/mol. The van der Waals surface area contributed by atoms with E-state index in [4.69, 9.17) is 9.61 Å². The molecule has 0 amide bonds. The Hall–Kier alpha value is -5.21. The molecule has 0 unspecified atom stereocenters. The number of aliphatic hydroxyl groups excluding tert-OH is 1. The topological polar surface area (TPSA) is 72.0 Å². The van der Waals surface area contributed by atoms with E-state index in [1.807, 2.05) is 18.2 Å². The highest BCUT2D eigenvalue weighted by Gasteiger charge is 2.23. The van der Waals surface area contributed by atoms with Gasteiger partial charge in [0, 0.05) is 20.2 Å². The molecule has 0 aliphatic rings. The summed E-state index contributed by atoms with van der Waals surface area (Å²) in [6.45, 7) is -0.233. The van der Waals surface area contributed by atoms with Gasteiger partial charge >= 0.3 is 0 Å². The van der Waals surface area contributed by atoms with Gasteiger partial charge in [-0.3, -0.25) is 0 Å². The van der Waals surface area contributed by atoms with Gasteiger partial charge in [0.1, 0.15) is 11.2 Å². The average Bonchev–Trinajstić information content (AvgIpc) is 3.91. The summed E-state index contributed by atoms with van der Waals surface area (Å²) in [5.74, 6) is 0. The number of pyridine rings is 1. The third kappa shape index (κ3) is 5.17. The van der Waals surface area contributed by atoms with Gasteiger partial charge in [-0.1, -0.05) is 109 Å². The Balaban J connectivity index is 1.11. The first-order chi connectivity index (χ1) is 22.2. The quantitative estimate of drug-likeness (QED) is 0.192. The zero-order chi connectivity index (χ0) is 30.2. The normalized spacial score (nSPS) is 11.3. The zero-order valence-electron chi connectivity index (χ0n) is 23.9. The molecule has 0 saturated heterocycles. The van der Waals surface area contributed by atoms with E-state index in [1.54, 1.807) is 22.7 Å². The molecule has 45 heavy (non-hydrogen) atoms. The first kappa shape index (κ1) is 27.3. The van der Waals surface area contributed by atoms with Crippen molar-refractivity contribution in [3.8, 4) is 64.1 Å². The predicted octanol–water partition coefficient (Wildman–Crippen LogP) is 10.2. The van der Waals surface area contributed by atoms with Gasteiger partial charge < -0.3 is 5.11 Å². The van der Waals surface area contributed by atoms with E-state index in [1.165, 1.54) is 22.3 Å². The van der Waals surface area contributed by atoms with Gasteiger partial charge in [-0.25, -0.2) is 9.61 Å². The zero-order valence-corrected chi connectivity index (χ0v) is 25.6. The van der Waals surface area contributed by atoms with Gasteiger partial charge in [0.05, 0.1) is 17.2 Å². The Morgan fingerprint density at radius 3 is 1.47 bits per heavy atom. The van der Waals surface area contributed by atoms with Crippen LogP contribution in [0.5, 0.6) is 0 Å². The van der Waals surface area contributed by atoms with Crippen molar-refractivity contribution in [2.45, 2.75) is 6.61 Å². The molecule has 0 aliphatic carbocycles. The summed E-state index contributed by atoms with van der Waals surface area (Å²) < 4.78 is 5.27. The van der Waals surface area contributed by atoms with Crippen LogP contribution in [0.4, 0.5) is 0 Å². The summed E-state index contributed by atoms with van der Waals surface area (Å²) in [4.78, 5) is 9.05. The second-order valence-electron chi connectivity index (χ2n) is 10.6. The highest BCUT2D eigenvalue weighted by atomic mass is 32.1. The lowest BCUT2D eigenvalue weighted by atomic mass is 10.0. The van der Waals surface area contributed by atoms with Crippen molar-refractivity contribution in [2.75, 3.05) is 0 Å². The van der Waals surface area contributed by atoms with Gasteiger partial charge in [-0.2, -0.15) is 0 Å². The highest BCUT2D eigenvalue weighted by molar-refractivity contribution is 7.19. The number of benzene rings is 4. The Morgan fingerprint density at radius 2 is 0.911 bits per heavy atom. The fraction of sp³-hybridized carbons (Fsp3) is 0.0263. The van der Waals surface area contributed by atoms with Crippen LogP contribution < -0.4 is 0 Å². The van der Waals surface area contributed by atoms with Crippen LogP contribution in [0.25, 0.3) is 75.2 Å². The molecule has 8 aromatic rings. The van der Waals surface area contributed by atoms with E-state index >= 15 is 0 Å². The number of hydrogen-bond acceptors (Lipinski definition) is 7. The van der Waals surface area contributed by atoms with Gasteiger partial charge in [0.25, 0.3) is 0 Å². The maximum absolute atomic E-state index is 10.5. The summed E-state index contributed by atoms with van der Waals surface area (Å²) in [6.07, 6.45) is 0. The molecule has 0 bridgehead atoms. The molecule has 4 aromatic carbocycles. The fourth-order valence-electron chi connectivity index (χ4n) is 5.60. The van der Waals surface area contributed by atoms with Crippen molar-refractivity contribution < 1.29 is 9.74 Å². The first-order valence-electron chi connectivity index (χ1n) is 14.5. The van der Waals surface area contributed by atoms with Crippen molar-refractivity contribution in [1.82, 2.24) is 15.3 Å². The Bertz CT molecular complexity index is 2240. The third-order valence-corrected chi connectivity index (χ3v) is 10.2. The highest BCUT2D eigenvalue weighted by Crippen LogP contribution is 2.43. The second-order valence-corrected chi connectivity index (χ2v) is 12.8. The van der Waals surface area contributed by atoms with Crippen LogP contribution in [0, 0.1) is 0 Å². The lowest BCUT2D eigenvalue weighted by Gasteiger charge is -2.08. The van der Waals surface area contributed by atoms with Crippen molar-refractivity contribution in [2.24, 2.45) is 0 Å². The van der Waals surface area contributed by atoms with Crippen LogP contribution in [0.1, 0.15) is 5.69 Å². The van der Waals surface area contributed by atoms with E-state index in [2.05, 4.69) is 126 Å². The molecule has 1 N–H and O–H groups in total. The second kappa shape index (κ2) is 11.7. The molecular formula is C38H25N3O2S2. The minimum absolute atomic E-state index is 0.233. The minimum Gasteiger partial charge on any atom is -0.390 e. The van der Waals surface area contributed by atoms with E-state index in [0.29, 0.717) is 22.4 Å². The van der Waals surface area contributed by atoms with Crippen LogP contribution in [-0.2, 0) is 6.61 Å². The minimum atomic E-state index is -0.233. The monoisotopic (exact) mass is 619 g/mol. The number of aliphatic hydroxyl groups is 1. The van der Waals surface area contributed by atoms with E-state index in [0.717, 1.165) is 36.2 Å². The molecule has 0 spiro atoms. The largest absolute Gasteiger partial charge is 0.390 e. The molecule has 8 rings (SSSR count). The summed E-state index contributed by atoms with van der Waals surface area (Å²) >= 11 is 3.26. The molecule has 5 nitrogen and oxygen atoms in total. The number of thiophene rings is 2. The van der Waals surface area contributed by atoms with Crippen LogP contribution in [0.3, 0.4) is 0 Å².